The molecule has 0 saturated heterocycles. The van der Waals surface area contributed by atoms with Crippen molar-refractivity contribution < 1.29 is 4.79 Å². The van der Waals surface area contributed by atoms with Gasteiger partial charge in [-0.05, 0) is 92.6 Å². The molecule has 0 amide bonds. The number of carbonyl (C=O) groups is 1. The molecule has 4 aliphatic rings. The molecule has 0 aliphatic heterocycles. The van der Waals surface area contributed by atoms with Crippen LogP contribution in [0.25, 0.3) is 6.08 Å². The number of allylic oxidation sites excluding steroid dienone is 1. The third-order valence-electron chi connectivity index (χ3n) is 9.60. The van der Waals surface area contributed by atoms with Crippen molar-refractivity contribution in [3.63, 3.8) is 0 Å². The number of fused-ring (bicyclic) bond motifs is 5. The zero-order valence-corrected chi connectivity index (χ0v) is 18.1. The van der Waals surface area contributed by atoms with Crippen LogP contribution in [0.15, 0.2) is 11.8 Å². The van der Waals surface area contributed by atoms with Crippen molar-refractivity contribution >= 4 is 11.9 Å². The van der Waals surface area contributed by atoms with Crippen LogP contribution in [0.4, 0.5) is 0 Å². The van der Waals surface area contributed by atoms with Crippen molar-refractivity contribution in [2.75, 3.05) is 0 Å². The lowest BCUT2D eigenvalue weighted by atomic mass is 9.45. The topological polar surface area (TPSA) is 34.9 Å². The standard InChI is InChI=1S/C25H36N2O/c1-16-18(15-27(4)26-16)13-17-14-22-20-9-8-19-7-5-6-11-24(19,2)21(20)10-12-25(22,3)23(17)28/h13,15,19-22H,5-12,14H2,1-4H3/b17-13-/t19-,20+,21-,22-,24+,25+/m1/s1. The van der Waals surface area contributed by atoms with Gasteiger partial charge < -0.3 is 0 Å². The molecule has 0 radical (unpaired) electrons. The summed E-state index contributed by atoms with van der Waals surface area (Å²) in [7, 11) is 1.96. The van der Waals surface area contributed by atoms with E-state index in [1.165, 1.54) is 44.9 Å². The second kappa shape index (κ2) is 6.31. The first-order chi connectivity index (χ1) is 13.3. The van der Waals surface area contributed by atoms with Gasteiger partial charge >= 0.3 is 0 Å². The molecule has 6 atom stereocenters. The van der Waals surface area contributed by atoms with Crippen molar-refractivity contribution in [3.05, 3.63) is 23.0 Å². The Labute approximate surface area is 170 Å². The number of aromatic nitrogens is 2. The van der Waals surface area contributed by atoms with E-state index < -0.39 is 0 Å². The minimum absolute atomic E-state index is 0.124. The van der Waals surface area contributed by atoms with Crippen molar-refractivity contribution in [3.8, 4) is 0 Å². The van der Waals surface area contributed by atoms with Gasteiger partial charge in [0.2, 0.25) is 0 Å². The fraction of sp³-hybridized carbons (Fsp3) is 0.760. The maximum absolute atomic E-state index is 13.5. The maximum atomic E-state index is 13.5. The normalized spacial score (nSPS) is 44.3. The molecule has 1 heterocycles. The van der Waals surface area contributed by atoms with Crippen molar-refractivity contribution in [1.29, 1.82) is 0 Å². The van der Waals surface area contributed by atoms with E-state index in [0.29, 0.717) is 17.1 Å². The molecule has 3 nitrogen and oxygen atoms in total. The molecule has 0 unspecified atom stereocenters. The van der Waals surface area contributed by atoms with Crippen LogP contribution in [-0.2, 0) is 11.8 Å². The molecule has 1 aromatic heterocycles. The summed E-state index contributed by atoms with van der Waals surface area (Å²) in [5.74, 6) is 3.54. The zero-order valence-electron chi connectivity index (χ0n) is 18.1. The van der Waals surface area contributed by atoms with Gasteiger partial charge in [-0.3, -0.25) is 9.48 Å². The third-order valence-corrected chi connectivity index (χ3v) is 9.60. The first-order valence-electron chi connectivity index (χ1n) is 11.6. The fourth-order valence-corrected chi connectivity index (χ4v) is 8.04. The van der Waals surface area contributed by atoms with Gasteiger partial charge in [0.05, 0.1) is 5.69 Å². The summed E-state index contributed by atoms with van der Waals surface area (Å²) in [6, 6.07) is 0. The van der Waals surface area contributed by atoms with E-state index in [1.54, 1.807) is 0 Å². The van der Waals surface area contributed by atoms with E-state index in [1.807, 2.05) is 18.7 Å². The van der Waals surface area contributed by atoms with Crippen molar-refractivity contribution in [2.24, 2.45) is 41.5 Å². The predicted octanol–water partition coefficient (Wildman–Crippen LogP) is 5.72. The van der Waals surface area contributed by atoms with E-state index in [-0.39, 0.29) is 5.41 Å². The van der Waals surface area contributed by atoms with E-state index in [9.17, 15) is 4.79 Å². The van der Waals surface area contributed by atoms with Gasteiger partial charge in [-0.1, -0.05) is 26.7 Å². The second-order valence-electron chi connectivity index (χ2n) is 10.9. The van der Waals surface area contributed by atoms with Crippen molar-refractivity contribution in [2.45, 2.75) is 78.6 Å². The molecule has 0 aromatic carbocycles. The van der Waals surface area contributed by atoms with E-state index in [4.69, 9.17) is 0 Å². The number of ketones is 1. The molecule has 0 N–H and O–H groups in total. The molecule has 3 heteroatoms. The lowest BCUT2D eigenvalue weighted by molar-refractivity contribution is -0.137. The first-order valence-corrected chi connectivity index (χ1v) is 11.6. The molecule has 1 aromatic rings. The lowest BCUT2D eigenvalue weighted by Gasteiger charge is -2.59. The number of carbonyl (C=O) groups excluding carboxylic acids is 1. The zero-order chi connectivity index (χ0) is 19.7. The molecule has 5 rings (SSSR count). The Kier molecular flexibility index (Phi) is 4.20. The summed E-state index contributed by atoms with van der Waals surface area (Å²) in [6.45, 7) is 6.95. The predicted molar refractivity (Wildman–Crippen MR) is 113 cm³/mol. The van der Waals surface area contributed by atoms with Crippen LogP contribution in [0, 0.1) is 41.4 Å². The monoisotopic (exact) mass is 380 g/mol. The van der Waals surface area contributed by atoms with Crippen LogP contribution >= 0.6 is 0 Å². The van der Waals surface area contributed by atoms with Gasteiger partial charge in [0.25, 0.3) is 0 Å². The average molecular weight is 381 g/mol. The van der Waals surface area contributed by atoms with Gasteiger partial charge in [-0.2, -0.15) is 5.10 Å². The Morgan fingerprint density at radius 3 is 2.68 bits per heavy atom. The van der Waals surface area contributed by atoms with Crippen LogP contribution in [0.5, 0.6) is 0 Å². The van der Waals surface area contributed by atoms with Gasteiger partial charge in [0, 0.05) is 24.2 Å². The summed E-state index contributed by atoms with van der Waals surface area (Å²) in [5.41, 5.74) is 3.63. The average Bonchev–Trinajstić information content (AvgIpc) is 3.11. The van der Waals surface area contributed by atoms with Crippen LogP contribution in [0.3, 0.4) is 0 Å². The number of hydrogen-bond donors (Lipinski definition) is 0. The van der Waals surface area contributed by atoms with Crippen LogP contribution in [0.2, 0.25) is 0 Å². The number of nitrogens with zero attached hydrogens (tertiary/aromatic N) is 2. The molecule has 28 heavy (non-hydrogen) atoms. The largest absolute Gasteiger partial charge is 0.294 e. The molecular weight excluding hydrogens is 344 g/mol. The highest BCUT2D eigenvalue weighted by molar-refractivity contribution is 6.06. The SMILES string of the molecule is Cc1nn(C)cc1/C=C1/C[C@@H]2[C@H]3CC[C@H]4CCCC[C@]4(C)[C@@H]3CC[C@]2(C)C1=O. The minimum Gasteiger partial charge on any atom is -0.294 e. The lowest BCUT2D eigenvalue weighted by Crippen LogP contribution is -2.52. The molecule has 152 valence electrons. The van der Waals surface area contributed by atoms with E-state index >= 15 is 0 Å². The summed E-state index contributed by atoms with van der Waals surface area (Å²) in [6.07, 6.45) is 16.1. The molecule has 4 saturated carbocycles. The summed E-state index contributed by atoms with van der Waals surface area (Å²) in [5, 5.41) is 4.47. The van der Waals surface area contributed by atoms with E-state index in [0.717, 1.165) is 47.4 Å². The second-order valence-corrected chi connectivity index (χ2v) is 10.9. The molecule has 4 fully saturated rings. The highest BCUT2D eigenvalue weighted by atomic mass is 16.1. The van der Waals surface area contributed by atoms with Crippen LogP contribution < -0.4 is 0 Å². The Morgan fingerprint density at radius 2 is 1.93 bits per heavy atom. The number of aryl methyl sites for hydroxylation is 2. The van der Waals surface area contributed by atoms with Crippen LogP contribution in [0.1, 0.15) is 82.9 Å². The number of rotatable bonds is 1. The highest BCUT2D eigenvalue weighted by Gasteiger charge is 2.60. The quantitative estimate of drug-likeness (QED) is 0.584. The van der Waals surface area contributed by atoms with E-state index in [2.05, 4.69) is 31.2 Å². The summed E-state index contributed by atoms with van der Waals surface area (Å²) in [4.78, 5) is 13.5. The molecular formula is C25H36N2O. The molecule has 0 bridgehead atoms. The minimum atomic E-state index is -0.124. The number of Topliss-reactive ketones (excluding diaryl/α,β-unsaturated/α-hetero) is 1. The van der Waals surface area contributed by atoms with Crippen LogP contribution in [-0.4, -0.2) is 15.6 Å². The van der Waals surface area contributed by atoms with Gasteiger partial charge in [0.1, 0.15) is 0 Å². The van der Waals surface area contributed by atoms with Gasteiger partial charge in [0.15, 0.2) is 5.78 Å². The summed E-state index contributed by atoms with van der Waals surface area (Å²) >= 11 is 0. The Morgan fingerprint density at radius 1 is 1.11 bits per heavy atom. The summed E-state index contributed by atoms with van der Waals surface area (Å²) < 4.78 is 1.86. The van der Waals surface area contributed by atoms with Gasteiger partial charge in [-0.15, -0.1) is 0 Å². The Hall–Kier alpha value is -1.38. The highest BCUT2D eigenvalue weighted by Crippen LogP contribution is 2.66. The Balaban J connectivity index is 1.47. The Bertz CT molecular complexity index is 836. The number of hydrogen-bond acceptors (Lipinski definition) is 2. The smallest absolute Gasteiger partial charge is 0.165 e. The first kappa shape index (κ1) is 18.6. The molecule has 4 aliphatic carbocycles. The van der Waals surface area contributed by atoms with Gasteiger partial charge in [-0.25, -0.2) is 0 Å². The fourth-order valence-electron chi connectivity index (χ4n) is 8.04. The third kappa shape index (κ3) is 2.53. The molecule has 0 spiro atoms. The van der Waals surface area contributed by atoms with Crippen molar-refractivity contribution in [1.82, 2.24) is 9.78 Å². The maximum Gasteiger partial charge on any atom is 0.165 e.